The molecule has 0 atom stereocenters. The number of nitrogens with zero attached hydrogens (tertiary/aromatic N) is 1. The van der Waals surface area contributed by atoms with E-state index in [4.69, 9.17) is 9.15 Å². The Morgan fingerprint density at radius 1 is 0.367 bits per heavy atom. The zero-order chi connectivity index (χ0) is 39.4. The van der Waals surface area contributed by atoms with Crippen LogP contribution in [-0.2, 0) is 5.41 Å². The van der Waals surface area contributed by atoms with Crippen LogP contribution in [0.3, 0.4) is 0 Å². The third-order valence-electron chi connectivity index (χ3n) is 12.9. The minimum Gasteiger partial charge on any atom is -0.456 e. The van der Waals surface area contributed by atoms with E-state index in [9.17, 15) is 0 Å². The van der Waals surface area contributed by atoms with Crippen molar-refractivity contribution in [2.24, 2.45) is 0 Å². The maximum Gasteiger partial charge on any atom is 0.140 e. The molecule has 280 valence electrons. The Bertz CT molecular complexity index is 3460. The first-order valence-electron chi connectivity index (χ1n) is 20.6. The fourth-order valence-electron chi connectivity index (χ4n) is 10.4. The van der Waals surface area contributed by atoms with E-state index >= 15 is 0 Å². The maximum atomic E-state index is 7.26. The monoisotopic (exact) mass is 765 g/mol. The van der Waals surface area contributed by atoms with Crippen LogP contribution in [0.2, 0.25) is 0 Å². The van der Waals surface area contributed by atoms with Gasteiger partial charge in [0.1, 0.15) is 22.7 Å². The Hall–Kier alpha value is -7.88. The zero-order valence-electron chi connectivity index (χ0n) is 32.5. The Morgan fingerprint density at radius 3 is 1.72 bits per heavy atom. The molecule has 3 heteroatoms. The molecule has 0 fully saturated rings. The summed E-state index contributed by atoms with van der Waals surface area (Å²) in [6.07, 6.45) is 0. The van der Waals surface area contributed by atoms with Crippen LogP contribution < -0.4 is 9.64 Å². The lowest BCUT2D eigenvalue weighted by molar-refractivity contribution is 0.447. The topological polar surface area (TPSA) is 25.6 Å². The van der Waals surface area contributed by atoms with Crippen LogP contribution in [0.1, 0.15) is 22.3 Å². The molecule has 60 heavy (non-hydrogen) atoms. The van der Waals surface area contributed by atoms with Gasteiger partial charge in [0.05, 0.1) is 22.2 Å². The van der Waals surface area contributed by atoms with Gasteiger partial charge in [0.2, 0.25) is 0 Å². The van der Waals surface area contributed by atoms with Crippen molar-refractivity contribution in [3.05, 3.63) is 235 Å². The van der Waals surface area contributed by atoms with Gasteiger partial charge in [-0.2, -0.15) is 0 Å². The molecule has 10 aromatic carbocycles. The van der Waals surface area contributed by atoms with Crippen molar-refractivity contribution in [3.8, 4) is 33.8 Å². The summed E-state index contributed by atoms with van der Waals surface area (Å²) in [5.74, 6) is 1.82. The molecule has 1 aromatic heterocycles. The number of para-hydroxylation sites is 2. The summed E-state index contributed by atoms with van der Waals surface area (Å²) in [5, 5.41) is 6.67. The minimum atomic E-state index is -0.683. The van der Waals surface area contributed by atoms with Gasteiger partial charge in [0.25, 0.3) is 0 Å². The summed E-state index contributed by atoms with van der Waals surface area (Å²) in [7, 11) is 0. The quantitative estimate of drug-likeness (QED) is 0.178. The molecule has 1 aliphatic carbocycles. The number of rotatable bonds is 4. The molecule has 1 aliphatic heterocycles. The van der Waals surface area contributed by atoms with E-state index in [2.05, 4.69) is 211 Å². The molecule has 0 saturated heterocycles. The van der Waals surface area contributed by atoms with Crippen molar-refractivity contribution in [3.63, 3.8) is 0 Å². The standard InChI is InChI=1S/C57H35NO2/c1-2-15-36(16-3-1)40-19-9-12-25-50(40)58(51-26-14-28-53-54(51)45-23-10-13-27-52(45)59-53)39-31-32-44-43-22-8-11-24-46(43)57(49(44)35-39)47-33-29-37-17-4-6-20-41(37)55(47)60-56-42-21-7-5-18-38(42)30-34-48(56)57/h1-35H. The molecular formula is C57H35NO2. The van der Waals surface area contributed by atoms with Crippen LogP contribution in [0.25, 0.3) is 65.7 Å². The summed E-state index contributed by atoms with van der Waals surface area (Å²) in [6, 6.07) is 76.8. The van der Waals surface area contributed by atoms with Crippen LogP contribution >= 0.6 is 0 Å². The number of fused-ring (bicyclic) bond motifs is 16. The molecule has 0 bridgehead atoms. The lowest BCUT2D eigenvalue weighted by atomic mass is 9.65. The molecule has 0 saturated carbocycles. The minimum absolute atomic E-state index is 0.683. The van der Waals surface area contributed by atoms with Gasteiger partial charge >= 0.3 is 0 Å². The number of benzene rings is 10. The highest BCUT2D eigenvalue weighted by Crippen LogP contribution is 2.64. The summed E-state index contributed by atoms with van der Waals surface area (Å²) in [6.45, 7) is 0. The number of hydrogen-bond acceptors (Lipinski definition) is 3. The summed E-state index contributed by atoms with van der Waals surface area (Å²) >= 11 is 0. The molecule has 2 aliphatic rings. The average molecular weight is 766 g/mol. The van der Waals surface area contributed by atoms with E-state index in [-0.39, 0.29) is 0 Å². The van der Waals surface area contributed by atoms with Crippen molar-refractivity contribution in [1.29, 1.82) is 0 Å². The fraction of sp³-hybridized carbons (Fsp3) is 0.0175. The predicted octanol–water partition coefficient (Wildman–Crippen LogP) is 15.5. The van der Waals surface area contributed by atoms with Gasteiger partial charge in [-0.25, -0.2) is 0 Å². The van der Waals surface area contributed by atoms with Crippen molar-refractivity contribution in [2.45, 2.75) is 5.41 Å². The summed E-state index contributed by atoms with van der Waals surface area (Å²) < 4.78 is 13.8. The smallest absolute Gasteiger partial charge is 0.140 e. The highest BCUT2D eigenvalue weighted by atomic mass is 16.5. The van der Waals surface area contributed by atoms with Gasteiger partial charge in [0.15, 0.2) is 0 Å². The van der Waals surface area contributed by atoms with Crippen molar-refractivity contribution < 1.29 is 9.15 Å². The van der Waals surface area contributed by atoms with Crippen LogP contribution in [0, 0.1) is 0 Å². The fourth-order valence-corrected chi connectivity index (χ4v) is 10.4. The number of hydrogen-bond donors (Lipinski definition) is 0. The van der Waals surface area contributed by atoms with Gasteiger partial charge in [0, 0.05) is 38.5 Å². The zero-order valence-corrected chi connectivity index (χ0v) is 32.5. The molecule has 0 N–H and O–H groups in total. The molecule has 0 unspecified atom stereocenters. The summed E-state index contributed by atoms with van der Waals surface area (Å²) in [4.78, 5) is 2.45. The molecule has 1 spiro atoms. The maximum absolute atomic E-state index is 7.26. The van der Waals surface area contributed by atoms with E-state index in [1.807, 2.05) is 6.07 Å². The van der Waals surface area contributed by atoms with Crippen LogP contribution in [0.15, 0.2) is 217 Å². The second-order valence-electron chi connectivity index (χ2n) is 15.9. The van der Waals surface area contributed by atoms with Crippen molar-refractivity contribution >= 4 is 60.5 Å². The molecule has 3 nitrogen and oxygen atoms in total. The number of anilines is 3. The normalized spacial score (nSPS) is 13.3. The third-order valence-corrected chi connectivity index (χ3v) is 12.9. The van der Waals surface area contributed by atoms with Gasteiger partial charge in [-0.1, -0.05) is 176 Å². The predicted molar refractivity (Wildman–Crippen MR) is 246 cm³/mol. The van der Waals surface area contributed by atoms with Gasteiger partial charge < -0.3 is 14.1 Å². The SMILES string of the molecule is c1ccc(-c2ccccc2N(c2ccc3c(c2)C2(c4ccccc4-3)c3ccc4ccccc4c3Oc3c2ccc2ccccc32)c2cccc3oc4ccccc4c23)cc1. The molecule has 11 aromatic rings. The van der Waals surface area contributed by atoms with E-state index < -0.39 is 5.41 Å². The van der Waals surface area contributed by atoms with Crippen LogP contribution in [0.4, 0.5) is 17.1 Å². The average Bonchev–Trinajstić information content (AvgIpc) is 3.84. The van der Waals surface area contributed by atoms with Gasteiger partial charge in [-0.15, -0.1) is 0 Å². The molecule has 13 rings (SSSR count). The van der Waals surface area contributed by atoms with Gasteiger partial charge in [-0.3, -0.25) is 0 Å². The molecular weight excluding hydrogens is 731 g/mol. The van der Waals surface area contributed by atoms with Crippen molar-refractivity contribution in [2.75, 3.05) is 4.90 Å². The number of furan rings is 1. The van der Waals surface area contributed by atoms with Crippen LogP contribution in [-0.4, -0.2) is 0 Å². The highest BCUT2D eigenvalue weighted by Gasteiger charge is 2.52. The van der Waals surface area contributed by atoms with Gasteiger partial charge in [-0.05, 0) is 75.0 Å². The van der Waals surface area contributed by atoms with E-state index in [1.165, 1.54) is 22.3 Å². The lowest BCUT2D eigenvalue weighted by Gasteiger charge is -2.40. The van der Waals surface area contributed by atoms with Crippen molar-refractivity contribution in [1.82, 2.24) is 0 Å². The van der Waals surface area contributed by atoms with Crippen LogP contribution in [0.5, 0.6) is 11.5 Å². The second kappa shape index (κ2) is 12.6. The third kappa shape index (κ3) is 4.49. The lowest BCUT2D eigenvalue weighted by Crippen LogP contribution is -2.32. The first kappa shape index (κ1) is 33.1. The highest BCUT2D eigenvalue weighted by molar-refractivity contribution is 6.14. The van der Waals surface area contributed by atoms with E-state index in [1.54, 1.807) is 0 Å². The first-order chi connectivity index (χ1) is 29.8. The largest absolute Gasteiger partial charge is 0.456 e. The van der Waals surface area contributed by atoms with E-state index in [0.29, 0.717) is 0 Å². The second-order valence-corrected chi connectivity index (χ2v) is 15.9. The Labute approximate surface area is 347 Å². The molecule has 0 radical (unpaired) electrons. The molecule has 2 heterocycles. The first-order valence-corrected chi connectivity index (χ1v) is 20.6. The van der Waals surface area contributed by atoms with E-state index in [0.717, 1.165) is 94.3 Å². The molecule has 0 amide bonds. The number of ether oxygens (including phenoxy) is 1. The Balaban J connectivity index is 1.16. The Morgan fingerprint density at radius 2 is 0.950 bits per heavy atom. The summed E-state index contributed by atoms with van der Waals surface area (Å²) in [5.41, 5.74) is 13.7. The Kier molecular flexibility index (Phi) is 6.93.